The highest BCUT2D eigenvalue weighted by molar-refractivity contribution is 5.69. The van der Waals surface area contributed by atoms with Gasteiger partial charge in [0.1, 0.15) is 6.10 Å². The lowest BCUT2D eigenvalue weighted by Gasteiger charge is -2.33. The summed E-state index contributed by atoms with van der Waals surface area (Å²) >= 11 is 0. The summed E-state index contributed by atoms with van der Waals surface area (Å²) in [4.78, 5) is 13.4. The second kappa shape index (κ2) is 6.95. The number of cyclic esters (lactones) is 1. The molecular weight excluding hydrogens is 230 g/mol. The lowest BCUT2D eigenvalue weighted by Crippen LogP contribution is -2.43. The minimum Gasteiger partial charge on any atom is -0.443 e. The van der Waals surface area contributed by atoms with E-state index in [-0.39, 0.29) is 12.2 Å². The quantitative estimate of drug-likeness (QED) is 0.690. The summed E-state index contributed by atoms with van der Waals surface area (Å²) in [6.45, 7) is 8.23. The normalized spacial score (nSPS) is 29.1. The molecule has 0 radical (unpaired) electrons. The number of amides is 1. The molecule has 0 saturated carbocycles. The Morgan fingerprint density at radius 2 is 2.44 bits per heavy atom. The number of carbonyl (C=O) groups is 1. The summed E-state index contributed by atoms with van der Waals surface area (Å²) in [6, 6.07) is 0. The largest absolute Gasteiger partial charge is 0.443 e. The average Bonchev–Trinajstić information content (AvgIpc) is 2.76. The van der Waals surface area contributed by atoms with Crippen molar-refractivity contribution in [2.24, 2.45) is 5.92 Å². The van der Waals surface area contributed by atoms with Gasteiger partial charge >= 0.3 is 6.09 Å². The number of alkyl carbamates (subject to hydrolysis) is 1. The maximum atomic E-state index is 11.0. The van der Waals surface area contributed by atoms with E-state index in [1.165, 1.54) is 19.3 Å². The Morgan fingerprint density at radius 3 is 3.17 bits per heavy atom. The molecular formula is C13H25N3O2. The van der Waals surface area contributed by atoms with Gasteiger partial charge in [-0.25, -0.2) is 4.79 Å². The molecule has 2 fully saturated rings. The molecule has 0 spiro atoms. The number of likely N-dealkylation sites (tertiary alicyclic amines) is 1. The average molecular weight is 255 g/mol. The van der Waals surface area contributed by atoms with Crippen molar-refractivity contribution in [2.75, 3.05) is 39.3 Å². The van der Waals surface area contributed by atoms with Gasteiger partial charge < -0.3 is 15.4 Å². The van der Waals surface area contributed by atoms with E-state index < -0.39 is 0 Å². The van der Waals surface area contributed by atoms with E-state index in [1.54, 1.807) is 0 Å². The summed E-state index contributed by atoms with van der Waals surface area (Å²) in [7, 11) is 0. The summed E-state index contributed by atoms with van der Waals surface area (Å²) < 4.78 is 5.19. The predicted octanol–water partition coefficient (Wildman–Crippen LogP) is 0.806. The van der Waals surface area contributed by atoms with Crippen LogP contribution in [0.3, 0.4) is 0 Å². The third-order valence-corrected chi connectivity index (χ3v) is 3.67. The lowest BCUT2D eigenvalue weighted by molar-refractivity contribution is 0.0873. The number of hydrogen-bond donors (Lipinski definition) is 2. The summed E-state index contributed by atoms with van der Waals surface area (Å²) in [6.07, 6.45) is 3.54. The second-order valence-corrected chi connectivity index (χ2v) is 5.38. The first-order chi connectivity index (χ1) is 8.78. The van der Waals surface area contributed by atoms with Crippen LogP contribution >= 0.6 is 0 Å². The zero-order chi connectivity index (χ0) is 12.8. The van der Waals surface area contributed by atoms with E-state index in [0.717, 1.165) is 38.6 Å². The minimum atomic E-state index is -0.266. The SMILES string of the molecule is CCCNCC1CCCN(CC2CNC(=O)O2)C1. The van der Waals surface area contributed by atoms with E-state index in [1.807, 2.05) is 0 Å². The molecule has 104 valence electrons. The molecule has 0 aromatic heterocycles. The molecule has 2 unspecified atom stereocenters. The second-order valence-electron chi connectivity index (χ2n) is 5.38. The Morgan fingerprint density at radius 1 is 1.56 bits per heavy atom. The molecule has 0 aromatic rings. The van der Waals surface area contributed by atoms with Crippen molar-refractivity contribution in [2.45, 2.75) is 32.3 Å². The molecule has 5 nitrogen and oxygen atoms in total. The highest BCUT2D eigenvalue weighted by atomic mass is 16.6. The molecule has 0 aliphatic carbocycles. The fraction of sp³-hybridized carbons (Fsp3) is 0.923. The van der Waals surface area contributed by atoms with Gasteiger partial charge in [-0.15, -0.1) is 0 Å². The number of nitrogens with zero attached hydrogens (tertiary/aromatic N) is 1. The van der Waals surface area contributed by atoms with E-state index in [0.29, 0.717) is 6.54 Å². The van der Waals surface area contributed by atoms with Gasteiger partial charge in [0.15, 0.2) is 0 Å². The maximum absolute atomic E-state index is 11.0. The van der Waals surface area contributed by atoms with Crippen molar-refractivity contribution >= 4 is 6.09 Å². The predicted molar refractivity (Wildman–Crippen MR) is 70.6 cm³/mol. The number of ether oxygens (including phenoxy) is 1. The smallest absolute Gasteiger partial charge is 0.407 e. The van der Waals surface area contributed by atoms with E-state index in [4.69, 9.17) is 4.74 Å². The standard InChI is InChI=1S/C13H25N3O2/c1-2-5-14-7-11-4-3-6-16(9-11)10-12-8-15-13(17)18-12/h11-12,14H,2-10H2,1H3,(H,15,17). The summed E-state index contributed by atoms with van der Waals surface area (Å²) in [5.74, 6) is 0.746. The molecule has 0 bridgehead atoms. The zero-order valence-electron chi connectivity index (χ0n) is 11.3. The molecule has 18 heavy (non-hydrogen) atoms. The molecule has 2 aliphatic heterocycles. The van der Waals surface area contributed by atoms with E-state index in [2.05, 4.69) is 22.5 Å². The van der Waals surface area contributed by atoms with Gasteiger partial charge in [-0.2, -0.15) is 0 Å². The third-order valence-electron chi connectivity index (χ3n) is 3.67. The summed E-state index contributed by atoms with van der Waals surface area (Å²) in [5, 5.41) is 6.21. The van der Waals surface area contributed by atoms with Gasteiger partial charge in [0.05, 0.1) is 6.54 Å². The molecule has 2 rings (SSSR count). The number of rotatable bonds is 6. The Hall–Kier alpha value is -0.810. The van der Waals surface area contributed by atoms with Crippen molar-refractivity contribution in [3.8, 4) is 0 Å². The topological polar surface area (TPSA) is 53.6 Å². The minimum absolute atomic E-state index is 0.0415. The van der Waals surface area contributed by atoms with Gasteiger partial charge in [-0.05, 0) is 44.8 Å². The van der Waals surface area contributed by atoms with Crippen molar-refractivity contribution in [1.82, 2.24) is 15.5 Å². The molecule has 1 amide bonds. The number of carbonyl (C=O) groups excluding carboxylic acids is 1. The molecule has 0 aromatic carbocycles. The number of hydrogen-bond acceptors (Lipinski definition) is 4. The van der Waals surface area contributed by atoms with Crippen molar-refractivity contribution in [1.29, 1.82) is 0 Å². The monoisotopic (exact) mass is 255 g/mol. The molecule has 2 aliphatic rings. The van der Waals surface area contributed by atoms with Crippen LogP contribution in [-0.2, 0) is 4.74 Å². The number of nitrogens with one attached hydrogen (secondary N) is 2. The van der Waals surface area contributed by atoms with Crippen LogP contribution in [0.15, 0.2) is 0 Å². The van der Waals surface area contributed by atoms with Crippen LogP contribution in [0.5, 0.6) is 0 Å². The van der Waals surface area contributed by atoms with Gasteiger partial charge in [-0.3, -0.25) is 4.90 Å². The highest BCUT2D eigenvalue weighted by Crippen LogP contribution is 2.17. The van der Waals surface area contributed by atoms with Crippen molar-refractivity contribution in [3.05, 3.63) is 0 Å². The van der Waals surface area contributed by atoms with E-state index >= 15 is 0 Å². The molecule has 2 heterocycles. The van der Waals surface area contributed by atoms with Crippen LogP contribution in [0.1, 0.15) is 26.2 Å². The van der Waals surface area contributed by atoms with Crippen molar-refractivity contribution in [3.63, 3.8) is 0 Å². The molecule has 2 N–H and O–H groups in total. The highest BCUT2D eigenvalue weighted by Gasteiger charge is 2.27. The van der Waals surface area contributed by atoms with E-state index in [9.17, 15) is 4.79 Å². The first-order valence-corrected chi connectivity index (χ1v) is 7.15. The van der Waals surface area contributed by atoms with Gasteiger partial charge in [0, 0.05) is 13.1 Å². The van der Waals surface area contributed by atoms with Crippen LogP contribution in [0.2, 0.25) is 0 Å². The Kier molecular flexibility index (Phi) is 5.26. The first-order valence-electron chi connectivity index (χ1n) is 7.15. The maximum Gasteiger partial charge on any atom is 0.407 e. The molecule has 2 saturated heterocycles. The first kappa shape index (κ1) is 13.6. The van der Waals surface area contributed by atoms with Crippen molar-refractivity contribution < 1.29 is 9.53 Å². The third kappa shape index (κ3) is 4.14. The van der Waals surface area contributed by atoms with Gasteiger partial charge in [0.25, 0.3) is 0 Å². The Balaban J connectivity index is 1.67. The van der Waals surface area contributed by atoms with Crippen LogP contribution in [0.25, 0.3) is 0 Å². The summed E-state index contributed by atoms with van der Waals surface area (Å²) in [5.41, 5.74) is 0. The van der Waals surface area contributed by atoms with Gasteiger partial charge in [-0.1, -0.05) is 6.92 Å². The fourth-order valence-corrected chi connectivity index (χ4v) is 2.79. The van der Waals surface area contributed by atoms with Gasteiger partial charge in [0.2, 0.25) is 0 Å². The Labute approximate surface area is 109 Å². The molecule has 2 atom stereocenters. The lowest BCUT2D eigenvalue weighted by atomic mass is 9.97. The zero-order valence-corrected chi connectivity index (χ0v) is 11.3. The fourth-order valence-electron chi connectivity index (χ4n) is 2.79. The molecule has 5 heteroatoms. The van der Waals surface area contributed by atoms with Crippen LogP contribution < -0.4 is 10.6 Å². The Bertz CT molecular complexity index is 273. The van der Waals surface area contributed by atoms with Crippen LogP contribution in [0.4, 0.5) is 4.79 Å². The van der Waals surface area contributed by atoms with Crippen LogP contribution in [0, 0.1) is 5.92 Å². The van der Waals surface area contributed by atoms with Crippen LogP contribution in [-0.4, -0.2) is 56.4 Å². The number of piperidine rings is 1.